The summed E-state index contributed by atoms with van der Waals surface area (Å²) in [6, 6.07) is 13.0. The van der Waals surface area contributed by atoms with Gasteiger partial charge in [-0.25, -0.2) is 17.7 Å². The summed E-state index contributed by atoms with van der Waals surface area (Å²) in [5, 5.41) is 2.89. The zero-order valence-electron chi connectivity index (χ0n) is 21.1. The normalized spacial score (nSPS) is 20.1. The molecule has 12 heteroatoms. The summed E-state index contributed by atoms with van der Waals surface area (Å²) in [4.78, 5) is 45.4. The fraction of sp³-hybridized carbons (Fsp3) is 0.333. The molecular weight excluding hydrogens is 522 g/mol. The van der Waals surface area contributed by atoms with Gasteiger partial charge in [0.1, 0.15) is 17.2 Å². The third kappa shape index (κ3) is 4.44. The largest absolute Gasteiger partial charge is 0.494 e. The van der Waals surface area contributed by atoms with Gasteiger partial charge in [0, 0.05) is 32.5 Å². The van der Waals surface area contributed by atoms with Crippen LogP contribution in [0.4, 0.5) is 0 Å². The predicted octanol–water partition coefficient (Wildman–Crippen LogP) is 1.49. The fourth-order valence-electron chi connectivity index (χ4n) is 5.44. The second-order valence-electron chi connectivity index (χ2n) is 9.70. The number of benzene rings is 2. The maximum Gasteiger partial charge on any atom is 0.269 e. The molecule has 2 bridgehead atoms. The highest BCUT2D eigenvalue weighted by atomic mass is 32.2. The predicted molar refractivity (Wildman–Crippen MR) is 138 cm³/mol. The minimum atomic E-state index is -4.02. The van der Waals surface area contributed by atoms with Crippen LogP contribution in [0.1, 0.15) is 46.2 Å². The van der Waals surface area contributed by atoms with Gasteiger partial charge in [-0.15, -0.1) is 0 Å². The number of rotatable bonds is 3. The van der Waals surface area contributed by atoms with Crippen LogP contribution in [0.3, 0.4) is 0 Å². The number of hydrogen-bond acceptors (Lipinski definition) is 7. The molecule has 0 spiro atoms. The molecule has 1 N–H and O–H groups in total. The lowest BCUT2D eigenvalue weighted by atomic mass is 9.94. The fourth-order valence-corrected chi connectivity index (χ4v) is 7.01. The van der Waals surface area contributed by atoms with Crippen molar-refractivity contribution < 1.29 is 27.5 Å². The van der Waals surface area contributed by atoms with Crippen LogP contribution in [0, 0.1) is 0 Å². The number of fused-ring (bicyclic) bond motifs is 4. The van der Waals surface area contributed by atoms with Crippen molar-refractivity contribution in [3.63, 3.8) is 0 Å². The summed E-state index contributed by atoms with van der Waals surface area (Å²) in [6.45, 7) is 1.05. The number of imidazole rings is 1. The molecule has 0 aliphatic carbocycles. The minimum absolute atomic E-state index is 0.0423. The third-order valence-corrected chi connectivity index (χ3v) is 9.12. The van der Waals surface area contributed by atoms with Crippen LogP contribution in [0.15, 0.2) is 59.8 Å². The van der Waals surface area contributed by atoms with Crippen LogP contribution in [0.5, 0.6) is 5.75 Å². The van der Waals surface area contributed by atoms with E-state index >= 15 is 0 Å². The molecular formula is C27H27N5O6S. The van der Waals surface area contributed by atoms with Crippen molar-refractivity contribution in [2.75, 3.05) is 26.2 Å². The Morgan fingerprint density at radius 3 is 2.82 bits per heavy atom. The first-order valence-corrected chi connectivity index (χ1v) is 14.3. The number of aromatic nitrogens is 2. The Morgan fingerprint density at radius 2 is 1.97 bits per heavy atom. The monoisotopic (exact) mass is 549 g/mol. The number of carbonyl (C=O) groups excluding carboxylic acids is 3. The molecule has 3 amide bonds. The van der Waals surface area contributed by atoms with Gasteiger partial charge in [0.25, 0.3) is 15.9 Å². The van der Waals surface area contributed by atoms with Gasteiger partial charge in [-0.2, -0.15) is 0 Å². The average molecular weight is 550 g/mol. The molecule has 0 saturated carbocycles. The molecule has 202 valence electrons. The average Bonchev–Trinajstić information content (AvgIpc) is 3.42. The Morgan fingerprint density at radius 1 is 1.13 bits per heavy atom. The van der Waals surface area contributed by atoms with Gasteiger partial charge in [-0.1, -0.05) is 24.3 Å². The summed E-state index contributed by atoms with van der Waals surface area (Å²) < 4.78 is 34.4. The van der Waals surface area contributed by atoms with Gasteiger partial charge < -0.3 is 19.5 Å². The Labute approximate surface area is 225 Å². The highest BCUT2D eigenvalue weighted by molar-refractivity contribution is 7.90. The van der Waals surface area contributed by atoms with Gasteiger partial charge in [-0.3, -0.25) is 14.4 Å². The van der Waals surface area contributed by atoms with Crippen molar-refractivity contribution in [1.29, 1.82) is 0 Å². The number of carbonyl (C=O) groups is 3. The highest BCUT2D eigenvalue weighted by Gasteiger charge is 2.42. The second-order valence-corrected chi connectivity index (χ2v) is 11.5. The van der Waals surface area contributed by atoms with Crippen molar-refractivity contribution in [2.45, 2.75) is 36.7 Å². The number of hydrogen-bond donors (Lipinski definition) is 1. The van der Waals surface area contributed by atoms with Gasteiger partial charge in [0.2, 0.25) is 11.8 Å². The lowest BCUT2D eigenvalue weighted by molar-refractivity contribution is -0.133. The molecule has 3 aromatic rings. The maximum atomic E-state index is 13.7. The smallest absolute Gasteiger partial charge is 0.269 e. The van der Waals surface area contributed by atoms with E-state index in [4.69, 9.17) is 4.74 Å². The quantitative estimate of drug-likeness (QED) is 0.524. The number of ether oxygens (including phenoxy) is 1. The second kappa shape index (κ2) is 9.84. The van der Waals surface area contributed by atoms with Crippen molar-refractivity contribution in [3.8, 4) is 5.75 Å². The van der Waals surface area contributed by atoms with Gasteiger partial charge in [-0.05, 0) is 36.2 Å². The zero-order chi connectivity index (χ0) is 27.1. The third-order valence-electron chi connectivity index (χ3n) is 7.28. The van der Waals surface area contributed by atoms with Crippen LogP contribution in [-0.4, -0.2) is 71.1 Å². The van der Waals surface area contributed by atoms with Gasteiger partial charge >= 0.3 is 0 Å². The molecule has 0 radical (unpaired) electrons. The molecule has 2 aromatic carbocycles. The van der Waals surface area contributed by atoms with Crippen molar-refractivity contribution >= 4 is 27.7 Å². The van der Waals surface area contributed by atoms with Gasteiger partial charge in [0.15, 0.2) is 0 Å². The number of amides is 3. The lowest BCUT2D eigenvalue weighted by Crippen LogP contribution is -2.43. The van der Waals surface area contributed by atoms with Crippen LogP contribution in [-0.2, 0) is 32.6 Å². The van der Waals surface area contributed by atoms with E-state index in [0.717, 1.165) is 21.3 Å². The highest BCUT2D eigenvalue weighted by Crippen LogP contribution is 2.37. The number of nitrogens with zero attached hydrogens (tertiary/aromatic N) is 4. The molecule has 1 atom stereocenters. The first-order chi connectivity index (χ1) is 18.8. The van der Waals surface area contributed by atoms with Crippen LogP contribution in [0.2, 0.25) is 0 Å². The molecule has 39 heavy (non-hydrogen) atoms. The van der Waals surface area contributed by atoms with E-state index in [1.807, 2.05) is 24.3 Å². The Bertz CT molecular complexity index is 1580. The number of sulfonamides is 1. The molecule has 11 nitrogen and oxygen atoms in total. The summed E-state index contributed by atoms with van der Waals surface area (Å²) >= 11 is 0. The first-order valence-electron chi connectivity index (χ1n) is 12.8. The van der Waals surface area contributed by atoms with E-state index < -0.39 is 22.0 Å². The van der Waals surface area contributed by atoms with Crippen LogP contribution < -0.4 is 10.1 Å². The molecule has 0 saturated heterocycles. The SMILES string of the molecule is O=C1Cn2cnc3c2C(c2cccc(c2)OCCCN1)N(C(=O)CCN1C(=O)c2ccccc2S1(=O)=O)CC3. The van der Waals surface area contributed by atoms with Crippen LogP contribution >= 0.6 is 0 Å². The molecule has 3 aliphatic rings. The lowest BCUT2D eigenvalue weighted by Gasteiger charge is -2.37. The molecule has 0 fully saturated rings. The summed E-state index contributed by atoms with van der Waals surface area (Å²) in [6.07, 6.45) is 2.57. The van der Waals surface area contributed by atoms with E-state index in [1.165, 1.54) is 12.1 Å². The maximum absolute atomic E-state index is 13.7. The van der Waals surface area contributed by atoms with E-state index in [-0.39, 0.29) is 41.8 Å². The van der Waals surface area contributed by atoms with E-state index in [0.29, 0.717) is 38.3 Å². The molecule has 6 rings (SSSR count). The number of nitrogens with one attached hydrogen (secondary N) is 1. The van der Waals surface area contributed by atoms with E-state index in [1.54, 1.807) is 27.9 Å². The van der Waals surface area contributed by atoms with Crippen molar-refractivity contribution in [2.24, 2.45) is 0 Å². The molecule has 1 aromatic heterocycles. The first kappa shape index (κ1) is 25.1. The minimum Gasteiger partial charge on any atom is -0.494 e. The summed E-state index contributed by atoms with van der Waals surface area (Å²) in [7, 11) is -4.02. The molecule has 1 unspecified atom stereocenters. The molecule has 4 heterocycles. The van der Waals surface area contributed by atoms with Crippen molar-refractivity contribution in [3.05, 3.63) is 77.4 Å². The van der Waals surface area contributed by atoms with E-state index in [9.17, 15) is 22.8 Å². The Balaban J connectivity index is 1.32. The zero-order valence-corrected chi connectivity index (χ0v) is 21.9. The Hall–Kier alpha value is -4.19. The standard InChI is InChI=1S/C27H27N5O6S/c33-23-16-30-17-29-21-9-12-31(25(26(21)30)18-5-3-6-19(15-18)38-14-4-11-28-23)24(34)10-13-32-27(35)20-7-1-2-8-22(20)39(32,36)37/h1-3,5-8,15,17,25H,4,9-14,16H2,(H,28,33). The van der Waals surface area contributed by atoms with Crippen LogP contribution in [0.25, 0.3) is 0 Å². The van der Waals surface area contributed by atoms with E-state index in [2.05, 4.69) is 10.3 Å². The topological polar surface area (TPSA) is 131 Å². The molecule has 3 aliphatic heterocycles. The summed E-state index contributed by atoms with van der Waals surface area (Å²) in [5.41, 5.74) is 2.44. The Kier molecular flexibility index (Phi) is 6.34. The summed E-state index contributed by atoms with van der Waals surface area (Å²) in [5.74, 6) is -0.455. The van der Waals surface area contributed by atoms with Gasteiger partial charge in [0.05, 0.1) is 35.9 Å². The van der Waals surface area contributed by atoms with Crippen molar-refractivity contribution in [1.82, 2.24) is 24.1 Å².